The Hall–Kier alpha value is -1.92. The first-order chi connectivity index (χ1) is 8.29. The zero-order chi connectivity index (χ0) is 12.1. The molecule has 2 nitrogen and oxygen atoms in total. The van der Waals surface area contributed by atoms with E-state index in [9.17, 15) is 0 Å². The van der Waals surface area contributed by atoms with Crippen molar-refractivity contribution in [2.75, 3.05) is 5.73 Å². The van der Waals surface area contributed by atoms with E-state index in [2.05, 4.69) is 6.07 Å². The largest absolute Gasteiger partial charge is 0.398 e. The third kappa shape index (κ3) is 3.02. The minimum atomic E-state index is 0.693. The average Bonchev–Trinajstić information content (AvgIpc) is 2.38. The maximum atomic E-state index is 8.70. The number of anilines is 1. The Balaban J connectivity index is 2.03. The maximum Gasteiger partial charge on any atom is 0.0991 e. The van der Waals surface area contributed by atoms with E-state index >= 15 is 0 Å². The van der Waals surface area contributed by atoms with Crippen LogP contribution in [0.4, 0.5) is 5.69 Å². The summed E-state index contributed by atoms with van der Waals surface area (Å²) < 4.78 is 0. The van der Waals surface area contributed by atoms with Gasteiger partial charge >= 0.3 is 0 Å². The molecule has 0 fully saturated rings. The van der Waals surface area contributed by atoms with Gasteiger partial charge in [-0.05, 0) is 29.8 Å². The van der Waals surface area contributed by atoms with E-state index in [1.807, 2.05) is 48.5 Å². The fourth-order valence-corrected chi connectivity index (χ4v) is 2.37. The predicted octanol–water partition coefficient (Wildman–Crippen LogP) is 3.43. The van der Waals surface area contributed by atoms with Gasteiger partial charge in [-0.3, -0.25) is 0 Å². The Labute approximate surface area is 105 Å². The predicted molar refractivity (Wildman–Crippen MR) is 71.6 cm³/mol. The number of hydrogen-bond acceptors (Lipinski definition) is 3. The lowest BCUT2D eigenvalue weighted by Crippen LogP contribution is -1.88. The normalized spacial score (nSPS) is 9.82. The number of para-hydroxylation sites is 1. The van der Waals surface area contributed by atoms with Crippen molar-refractivity contribution in [1.29, 1.82) is 5.26 Å². The smallest absolute Gasteiger partial charge is 0.0991 e. The van der Waals surface area contributed by atoms with Crippen LogP contribution in [0.1, 0.15) is 11.1 Å². The molecule has 0 atom stereocenters. The van der Waals surface area contributed by atoms with Crippen molar-refractivity contribution in [3.63, 3.8) is 0 Å². The van der Waals surface area contributed by atoms with Gasteiger partial charge < -0.3 is 5.73 Å². The SMILES string of the molecule is N#Cc1ccc(CSc2ccccc2N)cc1. The molecule has 0 aromatic heterocycles. The molecule has 0 aliphatic rings. The van der Waals surface area contributed by atoms with Gasteiger partial charge in [0.05, 0.1) is 11.6 Å². The molecular formula is C14H12N2S. The monoisotopic (exact) mass is 240 g/mol. The Morgan fingerprint density at radius 3 is 2.41 bits per heavy atom. The highest BCUT2D eigenvalue weighted by molar-refractivity contribution is 7.98. The molecule has 0 spiro atoms. The van der Waals surface area contributed by atoms with E-state index in [4.69, 9.17) is 11.0 Å². The van der Waals surface area contributed by atoms with Crippen molar-refractivity contribution >= 4 is 17.4 Å². The van der Waals surface area contributed by atoms with Crippen LogP contribution >= 0.6 is 11.8 Å². The summed E-state index contributed by atoms with van der Waals surface area (Å²) in [5.41, 5.74) is 8.56. The van der Waals surface area contributed by atoms with Gasteiger partial charge in [-0.2, -0.15) is 5.26 Å². The summed E-state index contributed by atoms with van der Waals surface area (Å²) in [6.45, 7) is 0. The lowest BCUT2D eigenvalue weighted by atomic mass is 10.2. The van der Waals surface area contributed by atoms with Gasteiger partial charge in [0.2, 0.25) is 0 Å². The molecule has 0 saturated carbocycles. The van der Waals surface area contributed by atoms with E-state index < -0.39 is 0 Å². The quantitative estimate of drug-likeness (QED) is 0.660. The molecule has 3 heteroatoms. The number of hydrogen-bond donors (Lipinski definition) is 1. The molecule has 2 rings (SSSR count). The van der Waals surface area contributed by atoms with Crippen LogP contribution in [0, 0.1) is 11.3 Å². The zero-order valence-corrected chi connectivity index (χ0v) is 10.1. The minimum absolute atomic E-state index is 0.693. The lowest BCUT2D eigenvalue weighted by molar-refractivity contribution is 1.37. The van der Waals surface area contributed by atoms with Gasteiger partial charge in [-0.15, -0.1) is 11.8 Å². The highest BCUT2D eigenvalue weighted by atomic mass is 32.2. The molecule has 0 heterocycles. The van der Waals surface area contributed by atoms with Gasteiger partial charge in [-0.1, -0.05) is 24.3 Å². The van der Waals surface area contributed by atoms with Gasteiger partial charge in [-0.25, -0.2) is 0 Å². The first kappa shape index (κ1) is 11.6. The summed E-state index contributed by atoms with van der Waals surface area (Å²) >= 11 is 1.71. The minimum Gasteiger partial charge on any atom is -0.398 e. The second-order valence-corrected chi connectivity index (χ2v) is 4.65. The van der Waals surface area contributed by atoms with Crippen molar-refractivity contribution in [3.05, 3.63) is 59.7 Å². The van der Waals surface area contributed by atoms with Crippen LogP contribution < -0.4 is 5.73 Å². The molecular weight excluding hydrogens is 228 g/mol. The van der Waals surface area contributed by atoms with Crippen LogP contribution in [-0.2, 0) is 5.75 Å². The molecule has 2 aromatic rings. The standard InChI is InChI=1S/C14H12N2S/c15-9-11-5-7-12(8-6-11)10-17-14-4-2-1-3-13(14)16/h1-8H,10,16H2. The van der Waals surface area contributed by atoms with E-state index in [0.29, 0.717) is 5.56 Å². The van der Waals surface area contributed by atoms with Gasteiger partial charge in [0.15, 0.2) is 0 Å². The van der Waals surface area contributed by atoms with Crippen LogP contribution in [0.5, 0.6) is 0 Å². The van der Waals surface area contributed by atoms with E-state index in [1.165, 1.54) is 5.56 Å². The fourth-order valence-electron chi connectivity index (χ4n) is 1.45. The van der Waals surface area contributed by atoms with Crippen molar-refractivity contribution < 1.29 is 0 Å². The molecule has 0 unspecified atom stereocenters. The Bertz CT molecular complexity index is 541. The number of rotatable bonds is 3. The molecule has 0 radical (unpaired) electrons. The van der Waals surface area contributed by atoms with E-state index in [1.54, 1.807) is 11.8 Å². The van der Waals surface area contributed by atoms with Crippen LogP contribution in [0.15, 0.2) is 53.4 Å². The maximum absolute atomic E-state index is 8.70. The second kappa shape index (κ2) is 5.42. The first-order valence-electron chi connectivity index (χ1n) is 5.26. The summed E-state index contributed by atoms with van der Waals surface area (Å²) in [6, 6.07) is 17.6. The topological polar surface area (TPSA) is 49.8 Å². The molecule has 0 amide bonds. The van der Waals surface area contributed by atoms with Crippen molar-refractivity contribution in [2.24, 2.45) is 0 Å². The van der Waals surface area contributed by atoms with Gasteiger partial charge in [0.1, 0.15) is 0 Å². The molecule has 2 aromatic carbocycles. The number of thioether (sulfide) groups is 1. The van der Waals surface area contributed by atoms with Gasteiger partial charge in [0.25, 0.3) is 0 Å². The first-order valence-corrected chi connectivity index (χ1v) is 6.24. The molecule has 84 valence electrons. The number of nitriles is 1. The van der Waals surface area contributed by atoms with Crippen LogP contribution in [0.25, 0.3) is 0 Å². The summed E-state index contributed by atoms with van der Waals surface area (Å²) in [5, 5.41) is 8.70. The third-order valence-corrected chi connectivity index (χ3v) is 3.56. The van der Waals surface area contributed by atoms with Crippen molar-refractivity contribution in [2.45, 2.75) is 10.6 Å². The number of nitrogens with zero attached hydrogens (tertiary/aromatic N) is 1. The highest BCUT2D eigenvalue weighted by Crippen LogP contribution is 2.27. The molecule has 0 saturated heterocycles. The summed E-state index contributed by atoms with van der Waals surface area (Å²) in [6.07, 6.45) is 0. The Morgan fingerprint density at radius 2 is 1.76 bits per heavy atom. The second-order valence-electron chi connectivity index (χ2n) is 3.64. The average molecular weight is 240 g/mol. The lowest BCUT2D eigenvalue weighted by Gasteiger charge is -2.04. The van der Waals surface area contributed by atoms with Gasteiger partial charge in [0, 0.05) is 16.3 Å². The van der Waals surface area contributed by atoms with Crippen LogP contribution in [0.2, 0.25) is 0 Å². The van der Waals surface area contributed by atoms with E-state index in [0.717, 1.165) is 16.3 Å². The van der Waals surface area contributed by atoms with Crippen molar-refractivity contribution in [1.82, 2.24) is 0 Å². The van der Waals surface area contributed by atoms with Crippen LogP contribution in [0.3, 0.4) is 0 Å². The molecule has 17 heavy (non-hydrogen) atoms. The number of nitrogens with two attached hydrogens (primary N) is 1. The summed E-state index contributed by atoms with van der Waals surface area (Å²) in [5.74, 6) is 0.861. The number of nitrogen functional groups attached to an aromatic ring is 1. The Morgan fingerprint density at radius 1 is 1.06 bits per heavy atom. The molecule has 2 N–H and O–H groups in total. The number of benzene rings is 2. The van der Waals surface area contributed by atoms with Crippen LogP contribution in [-0.4, -0.2) is 0 Å². The zero-order valence-electron chi connectivity index (χ0n) is 9.26. The highest BCUT2D eigenvalue weighted by Gasteiger charge is 1.99. The summed E-state index contributed by atoms with van der Waals surface area (Å²) in [4.78, 5) is 1.09. The van der Waals surface area contributed by atoms with Crippen molar-refractivity contribution in [3.8, 4) is 6.07 Å². The molecule has 0 bridgehead atoms. The molecule has 0 aliphatic heterocycles. The Kier molecular flexibility index (Phi) is 3.69. The molecule has 0 aliphatic carbocycles. The third-order valence-electron chi connectivity index (χ3n) is 2.40. The fraction of sp³-hybridized carbons (Fsp3) is 0.0714. The summed E-state index contributed by atoms with van der Waals surface area (Å²) in [7, 11) is 0. The van der Waals surface area contributed by atoms with E-state index in [-0.39, 0.29) is 0 Å².